The summed E-state index contributed by atoms with van der Waals surface area (Å²) in [6.45, 7) is 1.96. The zero-order valence-electron chi connectivity index (χ0n) is 11.6. The van der Waals surface area contributed by atoms with Gasteiger partial charge in [-0.15, -0.1) is 0 Å². The van der Waals surface area contributed by atoms with Gasteiger partial charge in [0.2, 0.25) is 5.91 Å². The van der Waals surface area contributed by atoms with Crippen molar-refractivity contribution >= 4 is 11.6 Å². The molecular weight excluding hydrogens is 254 g/mol. The van der Waals surface area contributed by atoms with Crippen LogP contribution in [0.4, 0.5) is 5.69 Å². The van der Waals surface area contributed by atoms with Gasteiger partial charge in [-0.05, 0) is 38.1 Å². The third-order valence-electron chi connectivity index (χ3n) is 3.52. The van der Waals surface area contributed by atoms with E-state index in [2.05, 4.69) is 16.3 Å². The average Bonchev–Trinajstić information content (AvgIpc) is 2.48. The summed E-state index contributed by atoms with van der Waals surface area (Å²) in [4.78, 5) is 14.1. The molecule has 1 fully saturated rings. The first-order valence-corrected chi connectivity index (χ1v) is 6.77. The topological polar surface area (TPSA) is 65.4 Å². The van der Waals surface area contributed by atoms with Crippen LogP contribution in [0.2, 0.25) is 0 Å². The molecule has 1 N–H and O–H groups in total. The number of hydrogen-bond donors (Lipinski definition) is 1. The van der Waals surface area contributed by atoms with Crippen LogP contribution < -0.4 is 10.1 Å². The molecule has 2 rings (SSSR count). The molecule has 1 aromatic carbocycles. The van der Waals surface area contributed by atoms with E-state index in [1.807, 2.05) is 24.3 Å². The molecule has 0 saturated carbocycles. The fourth-order valence-corrected chi connectivity index (χ4v) is 2.36. The first-order valence-electron chi connectivity index (χ1n) is 6.77. The van der Waals surface area contributed by atoms with Crippen LogP contribution in [-0.2, 0) is 4.79 Å². The quantitative estimate of drug-likeness (QED) is 0.909. The van der Waals surface area contributed by atoms with Gasteiger partial charge in [-0.25, -0.2) is 0 Å². The summed E-state index contributed by atoms with van der Waals surface area (Å²) in [6, 6.07) is 9.64. The van der Waals surface area contributed by atoms with E-state index in [1.54, 1.807) is 7.11 Å². The van der Waals surface area contributed by atoms with Crippen LogP contribution in [-0.4, -0.2) is 37.6 Å². The van der Waals surface area contributed by atoms with Crippen LogP contribution in [0.25, 0.3) is 0 Å². The van der Waals surface area contributed by atoms with Gasteiger partial charge in [0.15, 0.2) is 0 Å². The van der Waals surface area contributed by atoms with Crippen LogP contribution in [0, 0.1) is 17.2 Å². The predicted octanol–water partition coefficient (Wildman–Crippen LogP) is 1.87. The monoisotopic (exact) mass is 273 g/mol. The standard InChI is InChI=1S/C15H19N3O2/c1-20-14-5-3-2-4-13(14)17-15(19)11-18-8-6-12(10-16)7-9-18/h2-5,12H,6-9,11H2,1H3,(H,17,19). The molecule has 0 unspecified atom stereocenters. The highest BCUT2D eigenvalue weighted by molar-refractivity contribution is 5.93. The Bertz CT molecular complexity index is 502. The molecule has 1 heterocycles. The fraction of sp³-hybridized carbons (Fsp3) is 0.467. The van der Waals surface area contributed by atoms with Gasteiger partial charge >= 0.3 is 0 Å². The van der Waals surface area contributed by atoms with Crippen molar-refractivity contribution in [3.05, 3.63) is 24.3 Å². The van der Waals surface area contributed by atoms with Crippen molar-refractivity contribution in [3.63, 3.8) is 0 Å². The summed E-state index contributed by atoms with van der Waals surface area (Å²) >= 11 is 0. The number of amides is 1. The molecule has 0 spiro atoms. The molecule has 5 heteroatoms. The van der Waals surface area contributed by atoms with Gasteiger partial charge < -0.3 is 10.1 Å². The molecule has 1 aliphatic heterocycles. The van der Waals surface area contributed by atoms with E-state index in [0.717, 1.165) is 25.9 Å². The Morgan fingerprint density at radius 1 is 1.45 bits per heavy atom. The lowest BCUT2D eigenvalue weighted by Crippen LogP contribution is -2.39. The van der Waals surface area contributed by atoms with Gasteiger partial charge in [-0.3, -0.25) is 9.69 Å². The Labute approximate surface area is 119 Å². The number of anilines is 1. The van der Waals surface area contributed by atoms with Crippen molar-refractivity contribution in [2.45, 2.75) is 12.8 Å². The number of piperidine rings is 1. The number of methoxy groups -OCH3 is 1. The summed E-state index contributed by atoms with van der Waals surface area (Å²) < 4.78 is 5.20. The Kier molecular flexibility index (Phi) is 4.97. The Balaban J connectivity index is 1.86. The Morgan fingerprint density at radius 2 is 2.15 bits per heavy atom. The minimum absolute atomic E-state index is 0.0510. The largest absolute Gasteiger partial charge is 0.495 e. The number of carbonyl (C=O) groups is 1. The predicted molar refractivity (Wildman–Crippen MR) is 76.4 cm³/mol. The Morgan fingerprint density at radius 3 is 2.80 bits per heavy atom. The van der Waals surface area contributed by atoms with Crippen LogP contribution in [0.5, 0.6) is 5.75 Å². The van der Waals surface area contributed by atoms with E-state index in [0.29, 0.717) is 18.0 Å². The lowest BCUT2D eigenvalue weighted by Gasteiger charge is -2.28. The number of hydrogen-bond acceptors (Lipinski definition) is 4. The molecule has 0 atom stereocenters. The summed E-state index contributed by atoms with van der Waals surface area (Å²) in [6.07, 6.45) is 1.69. The second-order valence-electron chi connectivity index (χ2n) is 4.93. The second kappa shape index (κ2) is 6.92. The van der Waals surface area contributed by atoms with E-state index in [1.165, 1.54) is 0 Å². The van der Waals surface area contributed by atoms with Crippen molar-refractivity contribution in [1.82, 2.24) is 4.90 Å². The maximum atomic E-state index is 12.0. The number of ether oxygens (including phenoxy) is 1. The van der Waals surface area contributed by atoms with Gasteiger partial charge in [0.25, 0.3) is 0 Å². The van der Waals surface area contributed by atoms with Crippen LogP contribution >= 0.6 is 0 Å². The van der Waals surface area contributed by atoms with E-state index in [9.17, 15) is 4.79 Å². The van der Waals surface area contributed by atoms with Crippen molar-refractivity contribution < 1.29 is 9.53 Å². The number of benzene rings is 1. The van der Waals surface area contributed by atoms with E-state index in [-0.39, 0.29) is 11.8 Å². The van der Waals surface area contributed by atoms with Crippen molar-refractivity contribution in [1.29, 1.82) is 5.26 Å². The van der Waals surface area contributed by atoms with E-state index in [4.69, 9.17) is 10.00 Å². The highest BCUT2D eigenvalue weighted by Crippen LogP contribution is 2.23. The number of nitrogens with one attached hydrogen (secondary N) is 1. The summed E-state index contributed by atoms with van der Waals surface area (Å²) in [7, 11) is 1.58. The SMILES string of the molecule is COc1ccccc1NC(=O)CN1CCC(C#N)CC1. The van der Waals surface area contributed by atoms with Crippen LogP contribution in [0.15, 0.2) is 24.3 Å². The van der Waals surface area contributed by atoms with E-state index < -0.39 is 0 Å². The van der Waals surface area contributed by atoms with Crippen molar-refractivity contribution in [2.75, 3.05) is 32.1 Å². The molecule has 1 aliphatic rings. The zero-order valence-corrected chi connectivity index (χ0v) is 11.6. The molecule has 0 aliphatic carbocycles. The smallest absolute Gasteiger partial charge is 0.238 e. The number of nitriles is 1. The molecule has 0 aromatic heterocycles. The molecule has 1 aromatic rings. The van der Waals surface area contributed by atoms with Crippen molar-refractivity contribution in [2.24, 2.45) is 5.92 Å². The lowest BCUT2D eigenvalue weighted by molar-refractivity contribution is -0.117. The van der Waals surface area contributed by atoms with Crippen LogP contribution in [0.3, 0.4) is 0 Å². The second-order valence-corrected chi connectivity index (χ2v) is 4.93. The Hall–Kier alpha value is -2.06. The minimum atomic E-state index is -0.0510. The molecule has 20 heavy (non-hydrogen) atoms. The molecule has 0 radical (unpaired) electrons. The maximum Gasteiger partial charge on any atom is 0.238 e. The van der Waals surface area contributed by atoms with Gasteiger partial charge in [0.1, 0.15) is 5.75 Å². The first kappa shape index (κ1) is 14.4. The highest BCUT2D eigenvalue weighted by Gasteiger charge is 2.20. The normalized spacial score (nSPS) is 16.4. The van der Waals surface area contributed by atoms with Gasteiger partial charge in [0.05, 0.1) is 25.4 Å². The van der Waals surface area contributed by atoms with E-state index >= 15 is 0 Å². The third kappa shape index (κ3) is 3.72. The number of para-hydroxylation sites is 2. The maximum absolute atomic E-state index is 12.0. The van der Waals surface area contributed by atoms with Gasteiger partial charge in [0, 0.05) is 5.92 Å². The number of likely N-dealkylation sites (tertiary alicyclic amines) is 1. The van der Waals surface area contributed by atoms with Gasteiger partial charge in [-0.2, -0.15) is 5.26 Å². The summed E-state index contributed by atoms with van der Waals surface area (Å²) in [5.41, 5.74) is 0.687. The molecule has 1 saturated heterocycles. The summed E-state index contributed by atoms with van der Waals surface area (Å²) in [5.74, 6) is 0.748. The lowest BCUT2D eigenvalue weighted by atomic mass is 9.99. The molecule has 1 amide bonds. The van der Waals surface area contributed by atoms with Crippen molar-refractivity contribution in [3.8, 4) is 11.8 Å². The summed E-state index contributed by atoms with van der Waals surface area (Å²) in [5, 5.41) is 11.7. The zero-order chi connectivity index (χ0) is 14.4. The highest BCUT2D eigenvalue weighted by atomic mass is 16.5. The number of carbonyl (C=O) groups excluding carboxylic acids is 1. The number of nitrogens with zero attached hydrogens (tertiary/aromatic N) is 2. The molecule has 5 nitrogen and oxygen atoms in total. The van der Waals surface area contributed by atoms with Gasteiger partial charge in [-0.1, -0.05) is 12.1 Å². The average molecular weight is 273 g/mol. The first-order chi connectivity index (χ1) is 9.72. The molecule has 0 bridgehead atoms. The minimum Gasteiger partial charge on any atom is -0.495 e. The molecular formula is C15H19N3O2. The number of rotatable bonds is 4. The third-order valence-corrected chi connectivity index (χ3v) is 3.52. The fourth-order valence-electron chi connectivity index (χ4n) is 2.36. The van der Waals surface area contributed by atoms with Crippen LogP contribution in [0.1, 0.15) is 12.8 Å². The molecule has 106 valence electrons.